The van der Waals surface area contributed by atoms with Gasteiger partial charge in [-0.05, 0) is 5.56 Å². The van der Waals surface area contributed by atoms with Gasteiger partial charge in [-0.25, -0.2) is 4.98 Å². The van der Waals surface area contributed by atoms with Crippen molar-refractivity contribution in [3.63, 3.8) is 0 Å². The highest BCUT2D eigenvalue weighted by Crippen LogP contribution is 2.14. The molecule has 3 rings (SSSR count). The van der Waals surface area contributed by atoms with E-state index < -0.39 is 0 Å². The van der Waals surface area contributed by atoms with E-state index in [9.17, 15) is 0 Å². The first-order valence-corrected chi connectivity index (χ1v) is 7.98. The van der Waals surface area contributed by atoms with Gasteiger partial charge in [0.15, 0.2) is 0 Å². The van der Waals surface area contributed by atoms with Gasteiger partial charge in [-0.3, -0.25) is 4.90 Å². The minimum absolute atomic E-state index is 0.0995. The van der Waals surface area contributed by atoms with E-state index in [0.29, 0.717) is 17.5 Å². The van der Waals surface area contributed by atoms with Crippen LogP contribution in [0, 0.1) is 0 Å². The normalized spacial score (nSPS) is 18.7. The summed E-state index contributed by atoms with van der Waals surface area (Å²) in [6.07, 6.45) is 0.0995. The third kappa shape index (κ3) is 4.79. The van der Waals surface area contributed by atoms with Gasteiger partial charge in [-0.15, -0.1) is 0 Å². The van der Waals surface area contributed by atoms with Gasteiger partial charge in [0.1, 0.15) is 11.0 Å². The molecule has 1 aliphatic heterocycles. The Morgan fingerprint density at radius 1 is 1.30 bits per heavy atom. The molecule has 1 saturated heterocycles. The fourth-order valence-corrected chi connectivity index (χ4v) is 2.82. The molecule has 122 valence electrons. The van der Waals surface area contributed by atoms with Crippen LogP contribution in [0.4, 0.5) is 11.8 Å². The summed E-state index contributed by atoms with van der Waals surface area (Å²) < 4.78 is 5.82. The molecule has 0 aliphatic carbocycles. The van der Waals surface area contributed by atoms with Gasteiger partial charge in [0.2, 0.25) is 5.95 Å². The Kier molecular flexibility index (Phi) is 5.27. The maximum absolute atomic E-state index is 5.87. The summed E-state index contributed by atoms with van der Waals surface area (Å²) in [5.41, 5.74) is 6.91. The zero-order valence-electron chi connectivity index (χ0n) is 12.8. The Morgan fingerprint density at radius 3 is 2.91 bits per heavy atom. The Labute approximate surface area is 140 Å². The molecule has 1 aromatic heterocycles. The first-order valence-electron chi connectivity index (χ1n) is 7.61. The number of anilines is 2. The predicted molar refractivity (Wildman–Crippen MR) is 91.4 cm³/mol. The van der Waals surface area contributed by atoms with Crippen molar-refractivity contribution in [2.75, 3.05) is 37.3 Å². The van der Waals surface area contributed by atoms with Gasteiger partial charge in [0.25, 0.3) is 0 Å². The smallest absolute Gasteiger partial charge is 0.223 e. The number of nitrogens with two attached hydrogens (primary N) is 1. The van der Waals surface area contributed by atoms with Gasteiger partial charge < -0.3 is 15.8 Å². The first-order chi connectivity index (χ1) is 11.2. The summed E-state index contributed by atoms with van der Waals surface area (Å²) in [6, 6.07) is 12.1. The summed E-state index contributed by atoms with van der Waals surface area (Å²) in [4.78, 5) is 10.3. The molecule has 1 fully saturated rings. The standard InChI is InChI=1S/C16H20ClN5O/c17-14-8-15(21-16(18)20-14)19-9-13-11-22(6-7-23-13)10-12-4-2-1-3-5-12/h1-5,8,13H,6-7,9-11H2,(H3,18,19,20,21). The van der Waals surface area contributed by atoms with Crippen LogP contribution in [0.5, 0.6) is 0 Å². The molecule has 0 spiro atoms. The van der Waals surface area contributed by atoms with Crippen molar-refractivity contribution in [2.45, 2.75) is 12.6 Å². The Bertz CT molecular complexity index is 619. The monoisotopic (exact) mass is 333 g/mol. The Balaban J connectivity index is 1.52. The predicted octanol–water partition coefficient (Wildman–Crippen LogP) is 2.03. The van der Waals surface area contributed by atoms with Crippen LogP contribution in [0.1, 0.15) is 5.56 Å². The number of benzene rings is 1. The number of hydrogen-bond acceptors (Lipinski definition) is 6. The lowest BCUT2D eigenvalue weighted by Crippen LogP contribution is -2.44. The molecule has 0 radical (unpaired) electrons. The summed E-state index contributed by atoms with van der Waals surface area (Å²) in [7, 11) is 0. The average molecular weight is 334 g/mol. The van der Waals surface area contributed by atoms with Gasteiger partial charge >= 0.3 is 0 Å². The summed E-state index contributed by atoms with van der Waals surface area (Å²) in [5, 5.41) is 3.54. The number of ether oxygens (including phenoxy) is 1. The third-order valence-electron chi connectivity index (χ3n) is 3.69. The lowest BCUT2D eigenvalue weighted by Gasteiger charge is -2.33. The van der Waals surface area contributed by atoms with Crippen molar-refractivity contribution < 1.29 is 4.74 Å². The molecule has 6 nitrogen and oxygen atoms in total. The van der Waals surface area contributed by atoms with Crippen molar-refractivity contribution >= 4 is 23.4 Å². The van der Waals surface area contributed by atoms with E-state index in [1.807, 2.05) is 6.07 Å². The van der Waals surface area contributed by atoms with E-state index in [1.54, 1.807) is 6.07 Å². The number of morpholine rings is 1. The van der Waals surface area contributed by atoms with E-state index in [2.05, 4.69) is 44.5 Å². The average Bonchev–Trinajstić information content (AvgIpc) is 2.53. The van der Waals surface area contributed by atoms with Crippen molar-refractivity contribution in [2.24, 2.45) is 0 Å². The van der Waals surface area contributed by atoms with Crippen LogP contribution in [0.25, 0.3) is 0 Å². The van der Waals surface area contributed by atoms with Crippen LogP contribution < -0.4 is 11.1 Å². The number of rotatable bonds is 5. The Morgan fingerprint density at radius 2 is 2.13 bits per heavy atom. The molecule has 2 aromatic rings. The topological polar surface area (TPSA) is 76.3 Å². The highest BCUT2D eigenvalue weighted by Gasteiger charge is 2.20. The molecule has 1 aliphatic rings. The minimum Gasteiger partial charge on any atom is -0.374 e. The molecular formula is C16H20ClN5O. The van der Waals surface area contributed by atoms with E-state index in [4.69, 9.17) is 22.1 Å². The van der Waals surface area contributed by atoms with Crippen LogP contribution in [-0.2, 0) is 11.3 Å². The fraction of sp³-hybridized carbons (Fsp3) is 0.375. The van der Waals surface area contributed by atoms with Crippen LogP contribution in [0.2, 0.25) is 5.15 Å². The van der Waals surface area contributed by atoms with Crippen molar-refractivity contribution in [1.29, 1.82) is 0 Å². The molecule has 2 heterocycles. The lowest BCUT2D eigenvalue weighted by molar-refractivity contribution is -0.0240. The molecule has 0 bridgehead atoms. The fourth-order valence-electron chi connectivity index (χ4n) is 2.63. The van der Waals surface area contributed by atoms with Gasteiger partial charge in [0.05, 0.1) is 12.7 Å². The first kappa shape index (κ1) is 16.0. The molecule has 3 N–H and O–H groups in total. The second kappa shape index (κ2) is 7.59. The Hall–Kier alpha value is -1.89. The zero-order chi connectivity index (χ0) is 16.1. The van der Waals surface area contributed by atoms with Gasteiger partial charge in [-0.2, -0.15) is 4.98 Å². The molecular weight excluding hydrogens is 314 g/mol. The molecule has 1 unspecified atom stereocenters. The maximum atomic E-state index is 5.87. The highest BCUT2D eigenvalue weighted by molar-refractivity contribution is 6.29. The maximum Gasteiger partial charge on any atom is 0.223 e. The van der Waals surface area contributed by atoms with E-state index >= 15 is 0 Å². The number of halogens is 1. The number of nitrogens with one attached hydrogen (secondary N) is 1. The molecule has 0 saturated carbocycles. The van der Waals surface area contributed by atoms with Gasteiger partial charge in [0, 0.05) is 32.2 Å². The van der Waals surface area contributed by atoms with Crippen LogP contribution >= 0.6 is 11.6 Å². The third-order valence-corrected chi connectivity index (χ3v) is 3.89. The summed E-state index contributed by atoms with van der Waals surface area (Å²) >= 11 is 5.87. The van der Waals surface area contributed by atoms with Gasteiger partial charge in [-0.1, -0.05) is 41.9 Å². The second-order valence-corrected chi connectivity index (χ2v) is 5.92. The van der Waals surface area contributed by atoms with Crippen molar-refractivity contribution in [1.82, 2.24) is 14.9 Å². The van der Waals surface area contributed by atoms with E-state index in [-0.39, 0.29) is 12.1 Å². The highest BCUT2D eigenvalue weighted by atomic mass is 35.5. The van der Waals surface area contributed by atoms with E-state index in [0.717, 1.165) is 26.2 Å². The SMILES string of the molecule is Nc1nc(Cl)cc(NCC2CN(Cc3ccccc3)CCO2)n1. The lowest BCUT2D eigenvalue weighted by atomic mass is 10.2. The van der Waals surface area contributed by atoms with Crippen LogP contribution in [0.3, 0.4) is 0 Å². The second-order valence-electron chi connectivity index (χ2n) is 5.53. The van der Waals surface area contributed by atoms with Crippen LogP contribution in [0.15, 0.2) is 36.4 Å². The summed E-state index contributed by atoms with van der Waals surface area (Å²) in [5.74, 6) is 0.779. The number of hydrogen-bond donors (Lipinski definition) is 2. The number of aromatic nitrogens is 2. The minimum atomic E-state index is 0.0995. The quantitative estimate of drug-likeness (QED) is 0.815. The van der Waals surface area contributed by atoms with E-state index in [1.165, 1.54) is 5.56 Å². The van der Waals surface area contributed by atoms with Crippen LogP contribution in [-0.4, -0.2) is 47.2 Å². The summed E-state index contributed by atoms with van der Waals surface area (Å²) in [6.45, 7) is 4.13. The molecule has 1 aromatic carbocycles. The number of nitrogens with zero attached hydrogens (tertiary/aromatic N) is 3. The molecule has 1 atom stereocenters. The molecule has 7 heteroatoms. The number of nitrogen functional groups attached to an aromatic ring is 1. The largest absolute Gasteiger partial charge is 0.374 e. The molecule has 0 amide bonds. The molecule has 23 heavy (non-hydrogen) atoms. The van der Waals surface area contributed by atoms with Crippen molar-refractivity contribution in [3.8, 4) is 0 Å². The van der Waals surface area contributed by atoms with Crippen molar-refractivity contribution in [3.05, 3.63) is 47.1 Å². The zero-order valence-corrected chi connectivity index (χ0v) is 13.5.